The van der Waals surface area contributed by atoms with E-state index in [4.69, 9.17) is 4.52 Å². The molecule has 2 aromatic heterocycles. The summed E-state index contributed by atoms with van der Waals surface area (Å²) in [6, 6.07) is 14.7. The molecular weight excluding hydrogens is 306 g/mol. The molecule has 0 aliphatic rings. The van der Waals surface area contributed by atoms with Gasteiger partial charge < -0.3 is 14.6 Å². The molecule has 2 heterocycles. The Bertz CT molecular complexity index is 1100. The Morgan fingerprint density at radius 3 is 2.71 bits per heavy atom. The summed E-state index contributed by atoms with van der Waals surface area (Å²) in [7, 11) is 0. The molecule has 0 bridgehead atoms. The van der Waals surface area contributed by atoms with Gasteiger partial charge in [-0.15, -0.1) is 0 Å². The Hall–Kier alpha value is -3.41. The minimum atomic E-state index is -0.480. The number of aromatic nitrogens is 3. The average Bonchev–Trinajstić information content (AvgIpc) is 3.06. The molecule has 0 unspecified atom stereocenters. The van der Waals surface area contributed by atoms with Crippen LogP contribution in [0.4, 0.5) is 0 Å². The van der Waals surface area contributed by atoms with Crippen LogP contribution in [0.3, 0.4) is 0 Å². The number of H-pyrrole nitrogens is 1. The largest absolute Gasteiger partial charge is 0.506 e. The first-order valence-corrected chi connectivity index (χ1v) is 7.38. The summed E-state index contributed by atoms with van der Waals surface area (Å²) in [5, 5.41) is 15.0. The molecule has 6 heteroatoms. The molecule has 0 atom stereocenters. The number of fused-ring (bicyclic) bond motifs is 1. The predicted molar refractivity (Wildman–Crippen MR) is 89.7 cm³/mol. The van der Waals surface area contributed by atoms with Crippen LogP contribution in [0, 0.1) is 6.92 Å². The monoisotopic (exact) mass is 319 g/mol. The summed E-state index contributed by atoms with van der Waals surface area (Å²) in [6.07, 6.45) is 0. The molecule has 0 radical (unpaired) electrons. The smallest absolute Gasteiger partial charge is 0.267 e. The van der Waals surface area contributed by atoms with E-state index in [-0.39, 0.29) is 17.2 Å². The molecule has 0 saturated carbocycles. The van der Waals surface area contributed by atoms with Gasteiger partial charge in [-0.25, -0.2) is 0 Å². The summed E-state index contributed by atoms with van der Waals surface area (Å²) >= 11 is 0. The first kappa shape index (κ1) is 14.2. The van der Waals surface area contributed by atoms with Gasteiger partial charge in [-0.3, -0.25) is 4.79 Å². The van der Waals surface area contributed by atoms with Crippen molar-refractivity contribution < 1.29 is 9.63 Å². The van der Waals surface area contributed by atoms with Crippen molar-refractivity contribution in [1.82, 2.24) is 15.1 Å². The third-order valence-electron chi connectivity index (χ3n) is 3.81. The van der Waals surface area contributed by atoms with Crippen molar-refractivity contribution in [2.24, 2.45) is 0 Å². The van der Waals surface area contributed by atoms with Crippen LogP contribution >= 0.6 is 0 Å². The number of benzene rings is 2. The number of aromatic hydroxyl groups is 1. The van der Waals surface area contributed by atoms with Crippen molar-refractivity contribution in [3.8, 4) is 28.6 Å². The number of pyridine rings is 1. The summed E-state index contributed by atoms with van der Waals surface area (Å²) in [6.45, 7) is 1.91. The molecule has 0 saturated heterocycles. The van der Waals surface area contributed by atoms with E-state index in [9.17, 15) is 9.90 Å². The lowest BCUT2D eigenvalue weighted by Crippen LogP contribution is -2.09. The Labute approximate surface area is 136 Å². The fourth-order valence-electron chi connectivity index (χ4n) is 2.62. The lowest BCUT2D eigenvalue weighted by atomic mass is 10.1. The van der Waals surface area contributed by atoms with Crippen molar-refractivity contribution in [2.45, 2.75) is 6.92 Å². The number of aryl methyl sites for hydroxylation is 1. The fraction of sp³-hybridized carbons (Fsp3) is 0.0556. The summed E-state index contributed by atoms with van der Waals surface area (Å²) in [5.74, 6) is 0.172. The summed E-state index contributed by atoms with van der Waals surface area (Å²) in [4.78, 5) is 19.3. The Balaban J connectivity index is 1.91. The van der Waals surface area contributed by atoms with E-state index in [1.165, 1.54) is 0 Å². The molecule has 2 aromatic carbocycles. The van der Waals surface area contributed by atoms with Crippen LogP contribution in [0.5, 0.6) is 5.75 Å². The average molecular weight is 319 g/mol. The van der Waals surface area contributed by atoms with Crippen molar-refractivity contribution in [1.29, 1.82) is 0 Å². The highest BCUT2D eigenvalue weighted by molar-refractivity contribution is 5.90. The highest BCUT2D eigenvalue weighted by atomic mass is 16.5. The number of hydrogen-bond acceptors (Lipinski definition) is 5. The predicted octanol–water partition coefficient (Wildman–Crippen LogP) is 3.26. The first-order chi connectivity index (χ1) is 11.6. The van der Waals surface area contributed by atoms with E-state index in [1.54, 1.807) is 12.1 Å². The maximum absolute atomic E-state index is 12.3. The second kappa shape index (κ2) is 5.34. The molecular formula is C18H13N3O3. The van der Waals surface area contributed by atoms with E-state index < -0.39 is 5.56 Å². The van der Waals surface area contributed by atoms with Gasteiger partial charge in [-0.2, -0.15) is 4.98 Å². The number of rotatable bonds is 2. The van der Waals surface area contributed by atoms with Gasteiger partial charge in [-0.1, -0.05) is 47.1 Å². The molecule has 6 nitrogen and oxygen atoms in total. The van der Waals surface area contributed by atoms with Gasteiger partial charge in [-0.05, 0) is 19.1 Å². The molecule has 4 rings (SSSR count). The van der Waals surface area contributed by atoms with Crippen LogP contribution < -0.4 is 5.56 Å². The molecule has 0 spiro atoms. The zero-order chi connectivity index (χ0) is 16.7. The third kappa shape index (κ3) is 2.25. The molecule has 0 aliphatic carbocycles. The van der Waals surface area contributed by atoms with Crippen molar-refractivity contribution in [3.05, 3.63) is 64.4 Å². The maximum atomic E-state index is 12.3. The van der Waals surface area contributed by atoms with Gasteiger partial charge in [0.05, 0.1) is 5.52 Å². The van der Waals surface area contributed by atoms with Gasteiger partial charge in [0.15, 0.2) is 0 Å². The topological polar surface area (TPSA) is 92.0 Å². The van der Waals surface area contributed by atoms with E-state index >= 15 is 0 Å². The van der Waals surface area contributed by atoms with Crippen LogP contribution in [-0.4, -0.2) is 20.2 Å². The van der Waals surface area contributed by atoms with E-state index in [1.807, 2.05) is 43.3 Å². The Kier molecular flexibility index (Phi) is 3.16. The van der Waals surface area contributed by atoms with E-state index in [0.717, 1.165) is 11.1 Å². The molecule has 4 aromatic rings. The molecule has 118 valence electrons. The zero-order valence-corrected chi connectivity index (χ0v) is 12.8. The van der Waals surface area contributed by atoms with E-state index in [0.29, 0.717) is 16.7 Å². The maximum Gasteiger partial charge on any atom is 0.267 e. The van der Waals surface area contributed by atoms with Crippen LogP contribution in [0.1, 0.15) is 5.56 Å². The lowest BCUT2D eigenvalue weighted by molar-refractivity contribution is 0.426. The second-order valence-electron chi connectivity index (χ2n) is 5.52. The van der Waals surface area contributed by atoms with Gasteiger partial charge >= 0.3 is 0 Å². The highest BCUT2D eigenvalue weighted by Crippen LogP contribution is 2.32. The Morgan fingerprint density at radius 2 is 1.92 bits per heavy atom. The number of nitrogens with one attached hydrogen (secondary N) is 1. The van der Waals surface area contributed by atoms with Gasteiger partial charge in [0.25, 0.3) is 11.4 Å². The normalized spacial score (nSPS) is 11.0. The lowest BCUT2D eigenvalue weighted by Gasteiger charge is -2.05. The number of hydrogen-bond donors (Lipinski definition) is 2. The minimum Gasteiger partial charge on any atom is -0.506 e. The van der Waals surface area contributed by atoms with E-state index in [2.05, 4.69) is 15.1 Å². The standard InChI is InChI=1S/C18H13N3O3/c1-10-7-8-13-12(9-10)15(22)14(17(23)19-13)18-20-16(21-24-18)11-5-3-2-4-6-11/h2-9H,1H3,(H2,19,22,23). The zero-order valence-electron chi connectivity index (χ0n) is 12.8. The summed E-state index contributed by atoms with van der Waals surface area (Å²) in [5.41, 5.74) is 1.77. The molecule has 0 fully saturated rings. The first-order valence-electron chi connectivity index (χ1n) is 7.38. The molecule has 2 N–H and O–H groups in total. The SMILES string of the molecule is Cc1ccc2[nH]c(=O)c(-c3nc(-c4ccccc4)no3)c(O)c2c1. The minimum absolute atomic E-state index is 0.0176. The fourth-order valence-corrected chi connectivity index (χ4v) is 2.62. The quantitative estimate of drug-likeness (QED) is 0.591. The molecule has 0 aliphatic heterocycles. The van der Waals surface area contributed by atoms with Crippen LogP contribution in [0.2, 0.25) is 0 Å². The van der Waals surface area contributed by atoms with Crippen LogP contribution in [0.25, 0.3) is 33.7 Å². The number of nitrogens with zero attached hydrogens (tertiary/aromatic N) is 2. The number of aromatic amines is 1. The highest BCUT2D eigenvalue weighted by Gasteiger charge is 2.20. The van der Waals surface area contributed by atoms with Gasteiger partial charge in [0.1, 0.15) is 11.3 Å². The third-order valence-corrected chi connectivity index (χ3v) is 3.81. The summed E-state index contributed by atoms with van der Waals surface area (Å²) < 4.78 is 5.20. The van der Waals surface area contributed by atoms with Crippen LogP contribution in [0.15, 0.2) is 57.8 Å². The van der Waals surface area contributed by atoms with Gasteiger partial charge in [0, 0.05) is 10.9 Å². The van der Waals surface area contributed by atoms with Crippen molar-refractivity contribution in [3.63, 3.8) is 0 Å². The molecule has 24 heavy (non-hydrogen) atoms. The van der Waals surface area contributed by atoms with Gasteiger partial charge in [0.2, 0.25) is 5.82 Å². The van der Waals surface area contributed by atoms with Crippen molar-refractivity contribution >= 4 is 10.9 Å². The Morgan fingerprint density at radius 1 is 1.12 bits per heavy atom. The van der Waals surface area contributed by atoms with Crippen LogP contribution in [-0.2, 0) is 0 Å². The second-order valence-corrected chi connectivity index (χ2v) is 5.52. The van der Waals surface area contributed by atoms with Crippen molar-refractivity contribution in [2.75, 3.05) is 0 Å². The molecule has 0 amide bonds.